The lowest BCUT2D eigenvalue weighted by Crippen LogP contribution is -2.25. The summed E-state index contributed by atoms with van der Waals surface area (Å²) in [7, 11) is 2.21. The summed E-state index contributed by atoms with van der Waals surface area (Å²) in [6, 6.07) is 9.19. The Morgan fingerprint density at radius 1 is 1.28 bits per heavy atom. The van der Waals surface area contributed by atoms with Gasteiger partial charge in [0.1, 0.15) is 0 Å². The lowest BCUT2D eigenvalue weighted by molar-refractivity contribution is 0.376. The Labute approximate surface area is 111 Å². The molecule has 1 unspecified atom stereocenters. The number of hydrogen-bond donors (Lipinski definition) is 1. The Morgan fingerprint density at radius 3 is 2.44 bits per heavy atom. The van der Waals surface area contributed by atoms with Crippen LogP contribution in [0, 0.1) is 5.41 Å². The van der Waals surface area contributed by atoms with Gasteiger partial charge in [-0.15, -0.1) is 0 Å². The van der Waals surface area contributed by atoms with Gasteiger partial charge in [0.05, 0.1) is 0 Å². The van der Waals surface area contributed by atoms with E-state index in [9.17, 15) is 0 Å². The Balaban J connectivity index is 2.01. The van der Waals surface area contributed by atoms with E-state index in [4.69, 9.17) is 5.73 Å². The number of likely N-dealkylation sites (tertiary alicyclic amines) is 1. The molecule has 2 rings (SSSR count). The molecule has 1 aromatic carbocycles. The minimum Gasteiger partial charge on any atom is -0.330 e. The highest BCUT2D eigenvalue weighted by molar-refractivity contribution is 5.27. The van der Waals surface area contributed by atoms with Crippen LogP contribution < -0.4 is 5.73 Å². The third-order valence-electron chi connectivity index (χ3n) is 4.08. The molecule has 2 nitrogen and oxygen atoms in total. The number of nitrogens with two attached hydrogens (primary N) is 1. The van der Waals surface area contributed by atoms with Crippen molar-refractivity contribution in [3.05, 3.63) is 35.4 Å². The summed E-state index contributed by atoms with van der Waals surface area (Å²) in [6.45, 7) is 7.63. The monoisotopic (exact) mass is 246 g/mol. The number of rotatable bonds is 4. The lowest BCUT2D eigenvalue weighted by Gasteiger charge is -2.22. The van der Waals surface area contributed by atoms with Crippen LogP contribution in [0.5, 0.6) is 0 Å². The van der Waals surface area contributed by atoms with E-state index in [0.29, 0.717) is 0 Å². The Bertz CT molecular complexity index is 381. The summed E-state index contributed by atoms with van der Waals surface area (Å²) in [5.74, 6) is 0.728. The van der Waals surface area contributed by atoms with E-state index in [0.717, 1.165) is 18.9 Å². The molecule has 18 heavy (non-hydrogen) atoms. The van der Waals surface area contributed by atoms with Gasteiger partial charge in [0.15, 0.2) is 0 Å². The van der Waals surface area contributed by atoms with Gasteiger partial charge in [-0.05, 0) is 55.4 Å². The van der Waals surface area contributed by atoms with Gasteiger partial charge in [0.25, 0.3) is 0 Å². The number of benzene rings is 1. The first-order valence-electron chi connectivity index (χ1n) is 6.98. The smallest absolute Gasteiger partial charge is 0.00477 e. The van der Waals surface area contributed by atoms with Crippen LogP contribution in [0.1, 0.15) is 37.3 Å². The second-order valence-electron chi connectivity index (χ2n) is 6.53. The van der Waals surface area contributed by atoms with E-state index in [1.54, 1.807) is 0 Å². The molecule has 0 spiro atoms. The van der Waals surface area contributed by atoms with Gasteiger partial charge in [0, 0.05) is 6.54 Å². The normalized spacial score (nSPS) is 21.4. The Morgan fingerprint density at radius 2 is 1.94 bits per heavy atom. The van der Waals surface area contributed by atoms with E-state index in [2.05, 4.69) is 50.1 Å². The first kappa shape index (κ1) is 13.6. The summed E-state index contributed by atoms with van der Waals surface area (Å²) < 4.78 is 0. The molecule has 0 bridgehead atoms. The maximum Gasteiger partial charge on any atom is 0.00477 e. The van der Waals surface area contributed by atoms with Crippen molar-refractivity contribution in [3.8, 4) is 0 Å². The maximum atomic E-state index is 5.79. The number of nitrogens with zero attached hydrogens (tertiary/aromatic N) is 1. The van der Waals surface area contributed by atoms with Crippen LogP contribution >= 0.6 is 0 Å². The van der Waals surface area contributed by atoms with Crippen LogP contribution in [0.25, 0.3) is 0 Å². The van der Waals surface area contributed by atoms with E-state index < -0.39 is 0 Å². The molecule has 1 aliphatic rings. The van der Waals surface area contributed by atoms with Gasteiger partial charge in [-0.1, -0.05) is 38.1 Å². The third kappa shape index (κ3) is 3.33. The minimum atomic E-state index is 0.203. The zero-order chi connectivity index (χ0) is 13.2. The van der Waals surface area contributed by atoms with Gasteiger partial charge in [-0.2, -0.15) is 0 Å². The van der Waals surface area contributed by atoms with Gasteiger partial charge < -0.3 is 10.6 Å². The number of likely N-dealkylation sites (N-methyl/N-ethyl adjacent to an activating group) is 1. The summed E-state index contributed by atoms with van der Waals surface area (Å²) in [4.78, 5) is 2.41. The molecule has 1 aliphatic heterocycles. The molecule has 1 heterocycles. The molecule has 1 saturated heterocycles. The van der Waals surface area contributed by atoms with Gasteiger partial charge in [-0.3, -0.25) is 0 Å². The fourth-order valence-electron chi connectivity index (χ4n) is 2.74. The molecule has 0 amide bonds. The van der Waals surface area contributed by atoms with Crippen LogP contribution in [-0.2, 0) is 6.42 Å². The fraction of sp³-hybridized carbons (Fsp3) is 0.625. The topological polar surface area (TPSA) is 29.3 Å². The van der Waals surface area contributed by atoms with Crippen molar-refractivity contribution in [1.82, 2.24) is 4.90 Å². The summed E-state index contributed by atoms with van der Waals surface area (Å²) in [6.07, 6.45) is 2.36. The molecule has 1 atom stereocenters. The summed E-state index contributed by atoms with van der Waals surface area (Å²) >= 11 is 0. The van der Waals surface area contributed by atoms with E-state index in [-0.39, 0.29) is 5.41 Å². The van der Waals surface area contributed by atoms with Crippen LogP contribution in [-0.4, -0.2) is 31.6 Å². The van der Waals surface area contributed by atoms with E-state index in [1.807, 2.05) is 0 Å². The van der Waals surface area contributed by atoms with Crippen LogP contribution in [0.15, 0.2) is 24.3 Å². The van der Waals surface area contributed by atoms with Crippen molar-refractivity contribution in [2.24, 2.45) is 11.1 Å². The van der Waals surface area contributed by atoms with Crippen LogP contribution in [0.2, 0.25) is 0 Å². The molecular weight excluding hydrogens is 220 g/mol. The van der Waals surface area contributed by atoms with Gasteiger partial charge >= 0.3 is 0 Å². The van der Waals surface area contributed by atoms with Crippen molar-refractivity contribution < 1.29 is 0 Å². The maximum absolute atomic E-state index is 5.79. The average Bonchev–Trinajstić information content (AvgIpc) is 2.76. The quantitative estimate of drug-likeness (QED) is 0.885. The molecule has 0 aromatic heterocycles. The highest BCUT2D eigenvalue weighted by atomic mass is 15.1. The lowest BCUT2D eigenvalue weighted by atomic mass is 9.85. The molecule has 100 valence electrons. The fourth-order valence-corrected chi connectivity index (χ4v) is 2.74. The summed E-state index contributed by atoms with van der Waals surface area (Å²) in [5.41, 5.74) is 8.89. The average molecular weight is 246 g/mol. The van der Waals surface area contributed by atoms with Crippen LogP contribution in [0.3, 0.4) is 0 Å². The molecule has 2 N–H and O–H groups in total. The highest BCUT2D eigenvalue weighted by Crippen LogP contribution is 2.27. The molecule has 1 aromatic rings. The van der Waals surface area contributed by atoms with Crippen LogP contribution in [0.4, 0.5) is 0 Å². The first-order chi connectivity index (χ1) is 8.50. The predicted molar refractivity (Wildman–Crippen MR) is 77.8 cm³/mol. The Hall–Kier alpha value is -0.860. The first-order valence-corrected chi connectivity index (χ1v) is 6.98. The van der Waals surface area contributed by atoms with Crippen molar-refractivity contribution in [1.29, 1.82) is 0 Å². The second kappa shape index (κ2) is 5.41. The predicted octanol–water partition coefficient (Wildman–Crippen LogP) is 2.63. The third-order valence-corrected chi connectivity index (χ3v) is 4.08. The standard InChI is InChI=1S/C16H26N2/c1-16(2,12-17)10-13-4-6-14(7-5-13)15-8-9-18(3)11-15/h4-7,15H,8-12,17H2,1-3H3. The minimum absolute atomic E-state index is 0.203. The van der Waals surface area contributed by atoms with Crippen molar-refractivity contribution in [2.75, 3.05) is 26.7 Å². The molecule has 0 radical (unpaired) electrons. The zero-order valence-corrected chi connectivity index (χ0v) is 11.9. The molecule has 0 aliphatic carbocycles. The van der Waals surface area contributed by atoms with Gasteiger partial charge in [0.2, 0.25) is 0 Å². The molecule has 1 fully saturated rings. The largest absolute Gasteiger partial charge is 0.330 e. The van der Waals surface area contributed by atoms with Crippen molar-refractivity contribution >= 4 is 0 Å². The second-order valence-corrected chi connectivity index (χ2v) is 6.53. The summed E-state index contributed by atoms with van der Waals surface area (Å²) in [5, 5.41) is 0. The Kier molecular flexibility index (Phi) is 4.08. The molecular formula is C16H26N2. The highest BCUT2D eigenvalue weighted by Gasteiger charge is 2.21. The van der Waals surface area contributed by atoms with E-state index >= 15 is 0 Å². The van der Waals surface area contributed by atoms with Gasteiger partial charge in [-0.25, -0.2) is 0 Å². The number of hydrogen-bond acceptors (Lipinski definition) is 2. The van der Waals surface area contributed by atoms with Crippen molar-refractivity contribution in [3.63, 3.8) is 0 Å². The molecule has 2 heteroatoms. The SMILES string of the molecule is CN1CCC(c2ccc(CC(C)(C)CN)cc2)C1. The zero-order valence-electron chi connectivity index (χ0n) is 11.9. The van der Waals surface area contributed by atoms with Crippen molar-refractivity contribution in [2.45, 2.75) is 32.6 Å². The van der Waals surface area contributed by atoms with E-state index in [1.165, 1.54) is 30.6 Å². The molecule has 0 saturated carbocycles.